The second-order valence-corrected chi connectivity index (χ2v) is 7.79. The highest BCUT2D eigenvalue weighted by Crippen LogP contribution is 2.23. The number of amides is 1. The summed E-state index contributed by atoms with van der Waals surface area (Å²) in [6, 6.07) is 10.3. The first-order chi connectivity index (χ1) is 13.8. The number of nitrogens with zero attached hydrogens (tertiary/aromatic N) is 3. The maximum atomic E-state index is 12.6. The van der Waals surface area contributed by atoms with Crippen LogP contribution in [-0.4, -0.2) is 35.0 Å². The van der Waals surface area contributed by atoms with E-state index in [0.29, 0.717) is 11.6 Å². The average molecular weight is 380 g/mol. The van der Waals surface area contributed by atoms with E-state index in [9.17, 15) is 4.79 Å². The van der Waals surface area contributed by atoms with Crippen molar-refractivity contribution in [3.05, 3.63) is 42.2 Å². The summed E-state index contributed by atoms with van der Waals surface area (Å²) in [4.78, 5) is 23.7. The SMILES string of the molecule is O=C(NC1CCCCCC1)c1ccnc(Nc2ccc(N3CCCC3)cc2)n1. The molecule has 6 nitrogen and oxygen atoms in total. The molecule has 2 aliphatic rings. The Bertz CT molecular complexity index is 778. The van der Waals surface area contributed by atoms with Crippen LogP contribution in [0.5, 0.6) is 0 Å². The third-order valence-electron chi connectivity index (χ3n) is 5.67. The zero-order valence-corrected chi connectivity index (χ0v) is 16.4. The van der Waals surface area contributed by atoms with Crippen molar-refractivity contribution in [2.24, 2.45) is 0 Å². The number of benzene rings is 1. The first kappa shape index (κ1) is 18.7. The molecule has 28 heavy (non-hydrogen) atoms. The molecule has 1 amide bonds. The molecule has 2 N–H and O–H groups in total. The zero-order valence-electron chi connectivity index (χ0n) is 16.4. The Kier molecular flexibility index (Phi) is 6.04. The predicted octanol–water partition coefficient (Wildman–Crippen LogP) is 4.27. The average Bonchev–Trinajstić information content (AvgIpc) is 3.14. The molecule has 0 unspecified atom stereocenters. The molecule has 1 aliphatic heterocycles. The second-order valence-electron chi connectivity index (χ2n) is 7.79. The number of hydrogen-bond donors (Lipinski definition) is 2. The summed E-state index contributed by atoms with van der Waals surface area (Å²) < 4.78 is 0. The van der Waals surface area contributed by atoms with Gasteiger partial charge in [-0.15, -0.1) is 0 Å². The van der Waals surface area contributed by atoms with Gasteiger partial charge in [0, 0.05) is 36.7 Å². The molecule has 1 aromatic carbocycles. The molecule has 1 saturated heterocycles. The fourth-order valence-corrected chi connectivity index (χ4v) is 4.09. The number of nitrogens with one attached hydrogen (secondary N) is 2. The molecule has 2 aromatic rings. The van der Waals surface area contributed by atoms with Gasteiger partial charge < -0.3 is 15.5 Å². The topological polar surface area (TPSA) is 70.2 Å². The highest BCUT2D eigenvalue weighted by molar-refractivity contribution is 5.92. The maximum Gasteiger partial charge on any atom is 0.270 e. The highest BCUT2D eigenvalue weighted by Gasteiger charge is 2.17. The number of aromatic nitrogens is 2. The van der Waals surface area contributed by atoms with E-state index in [0.717, 1.165) is 31.6 Å². The van der Waals surface area contributed by atoms with Crippen LogP contribution >= 0.6 is 0 Å². The molecule has 6 heteroatoms. The molecule has 2 fully saturated rings. The van der Waals surface area contributed by atoms with Gasteiger partial charge in [0.2, 0.25) is 5.95 Å². The van der Waals surface area contributed by atoms with E-state index in [-0.39, 0.29) is 11.9 Å². The summed E-state index contributed by atoms with van der Waals surface area (Å²) in [6.07, 6.45) is 11.2. The summed E-state index contributed by atoms with van der Waals surface area (Å²) in [5.41, 5.74) is 2.58. The van der Waals surface area contributed by atoms with Crippen LogP contribution in [0.25, 0.3) is 0 Å². The standard InChI is InChI=1S/C22H29N5O/c28-21(24-17-7-3-1-2-4-8-17)20-13-14-23-22(26-20)25-18-9-11-19(12-10-18)27-15-5-6-16-27/h9-14,17H,1-8,15-16H2,(H,24,28)(H,23,25,26). The Labute approximate surface area is 166 Å². The van der Waals surface area contributed by atoms with Crippen molar-refractivity contribution in [3.8, 4) is 0 Å². The molecular weight excluding hydrogens is 350 g/mol. The fraction of sp³-hybridized carbons (Fsp3) is 0.500. The van der Waals surface area contributed by atoms with Crippen molar-refractivity contribution in [2.45, 2.75) is 57.4 Å². The van der Waals surface area contributed by atoms with Gasteiger partial charge in [0.1, 0.15) is 5.69 Å². The van der Waals surface area contributed by atoms with Crippen molar-refractivity contribution in [1.82, 2.24) is 15.3 Å². The largest absolute Gasteiger partial charge is 0.372 e. The van der Waals surface area contributed by atoms with Gasteiger partial charge in [0.05, 0.1) is 0 Å². The van der Waals surface area contributed by atoms with E-state index in [4.69, 9.17) is 0 Å². The lowest BCUT2D eigenvalue weighted by atomic mass is 10.1. The Hall–Kier alpha value is -2.63. The van der Waals surface area contributed by atoms with Gasteiger partial charge >= 0.3 is 0 Å². The lowest BCUT2D eigenvalue weighted by molar-refractivity contribution is 0.0928. The summed E-state index contributed by atoms with van der Waals surface area (Å²) in [5, 5.41) is 6.35. The van der Waals surface area contributed by atoms with E-state index in [2.05, 4.69) is 37.6 Å². The van der Waals surface area contributed by atoms with Crippen molar-refractivity contribution >= 4 is 23.2 Å². The molecular formula is C22H29N5O. The molecule has 0 spiro atoms. The Morgan fingerprint density at radius 2 is 1.64 bits per heavy atom. The Morgan fingerprint density at radius 1 is 0.929 bits per heavy atom. The third kappa shape index (κ3) is 4.80. The summed E-state index contributed by atoms with van der Waals surface area (Å²) >= 11 is 0. The van der Waals surface area contributed by atoms with Gasteiger partial charge in [-0.2, -0.15) is 0 Å². The van der Waals surface area contributed by atoms with Gasteiger partial charge in [-0.3, -0.25) is 4.79 Å². The van der Waals surface area contributed by atoms with Crippen LogP contribution in [0.4, 0.5) is 17.3 Å². The lowest BCUT2D eigenvalue weighted by Gasteiger charge is -2.18. The van der Waals surface area contributed by atoms with Gasteiger partial charge in [0.15, 0.2) is 0 Å². The van der Waals surface area contributed by atoms with Crippen molar-refractivity contribution in [1.29, 1.82) is 0 Å². The van der Waals surface area contributed by atoms with Gasteiger partial charge in [-0.05, 0) is 56.0 Å². The highest BCUT2D eigenvalue weighted by atomic mass is 16.1. The van der Waals surface area contributed by atoms with Gasteiger partial charge in [-0.25, -0.2) is 9.97 Å². The van der Waals surface area contributed by atoms with E-state index >= 15 is 0 Å². The van der Waals surface area contributed by atoms with Crippen LogP contribution in [0, 0.1) is 0 Å². The molecule has 0 atom stereocenters. The normalized spacial score (nSPS) is 17.9. The van der Waals surface area contributed by atoms with Crippen LogP contribution in [0.1, 0.15) is 61.9 Å². The number of anilines is 3. The number of carbonyl (C=O) groups excluding carboxylic acids is 1. The summed E-state index contributed by atoms with van der Waals surface area (Å²) in [5.74, 6) is 0.337. The Balaban J connectivity index is 1.38. The minimum atomic E-state index is -0.110. The first-order valence-corrected chi connectivity index (χ1v) is 10.5. The van der Waals surface area contributed by atoms with Gasteiger partial charge in [0.25, 0.3) is 5.91 Å². The molecule has 1 aliphatic carbocycles. The Morgan fingerprint density at radius 3 is 2.36 bits per heavy atom. The van der Waals surface area contributed by atoms with Crippen molar-refractivity contribution < 1.29 is 4.79 Å². The van der Waals surface area contributed by atoms with Crippen LogP contribution in [0.2, 0.25) is 0 Å². The quantitative estimate of drug-likeness (QED) is 0.759. The molecule has 2 heterocycles. The van der Waals surface area contributed by atoms with E-state index < -0.39 is 0 Å². The lowest BCUT2D eigenvalue weighted by Crippen LogP contribution is -2.35. The summed E-state index contributed by atoms with van der Waals surface area (Å²) in [7, 11) is 0. The molecule has 4 rings (SSSR count). The molecule has 1 aromatic heterocycles. The first-order valence-electron chi connectivity index (χ1n) is 10.5. The minimum Gasteiger partial charge on any atom is -0.372 e. The summed E-state index contributed by atoms with van der Waals surface area (Å²) in [6.45, 7) is 2.27. The number of carbonyl (C=O) groups is 1. The minimum absolute atomic E-state index is 0.110. The predicted molar refractivity (Wildman–Crippen MR) is 112 cm³/mol. The van der Waals surface area contributed by atoms with Crippen LogP contribution < -0.4 is 15.5 Å². The van der Waals surface area contributed by atoms with Gasteiger partial charge in [-0.1, -0.05) is 25.7 Å². The molecule has 0 bridgehead atoms. The maximum absolute atomic E-state index is 12.6. The van der Waals surface area contributed by atoms with E-state index in [1.54, 1.807) is 12.3 Å². The number of hydrogen-bond acceptors (Lipinski definition) is 5. The fourth-order valence-electron chi connectivity index (χ4n) is 4.09. The van der Waals surface area contributed by atoms with Crippen LogP contribution in [0.15, 0.2) is 36.5 Å². The van der Waals surface area contributed by atoms with Crippen molar-refractivity contribution in [2.75, 3.05) is 23.3 Å². The second kappa shape index (κ2) is 9.04. The van der Waals surface area contributed by atoms with Crippen molar-refractivity contribution in [3.63, 3.8) is 0 Å². The number of rotatable bonds is 5. The molecule has 148 valence electrons. The zero-order chi connectivity index (χ0) is 19.2. The van der Waals surface area contributed by atoms with E-state index in [1.165, 1.54) is 44.2 Å². The molecule has 1 saturated carbocycles. The monoisotopic (exact) mass is 379 g/mol. The van der Waals surface area contributed by atoms with Crippen LogP contribution in [-0.2, 0) is 0 Å². The smallest absolute Gasteiger partial charge is 0.270 e. The van der Waals surface area contributed by atoms with E-state index in [1.807, 2.05) is 12.1 Å². The molecule has 0 radical (unpaired) electrons. The van der Waals surface area contributed by atoms with Crippen LogP contribution in [0.3, 0.4) is 0 Å². The third-order valence-corrected chi connectivity index (χ3v) is 5.67.